The van der Waals surface area contributed by atoms with Crippen LogP contribution in [0.2, 0.25) is 9.74 Å². The van der Waals surface area contributed by atoms with Crippen molar-refractivity contribution in [2.75, 3.05) is 26.0 Å². The number of phenolic OH excluding ortho intramolecular Hbond substituents is 1. The van der Waals surface area contributed by atoms with E-state index in [-0.39, 0.29) is 11.7 Å². The number of aromatic hydroxyl groups is 1. The number of fused-ring (bicyclic) bond motifs is 1. The number of hydrogen-bond donors (Lipinski definition) is 3. The first-order valence-corrected chi connectivity index (χ1v) is 17.6. The summed E-state index contributed by atoms with van der Waals surface area (Å²) in [5, 5.41) is 14.2. The summed E-state index contributed by atoms with van der Waals surface area (Å²) in [4.78, 5) is 9.46. The third-order valence-electron chi connectivity index (χ3n) is 5.44. The van der Waals surface area contributed by atoms with Crippen molar-refractivity contribution in [3.63, 3.8) is 0 Å². The van der Waals surface area contributed by atoms with Crippen molar-refractivity contribution < 1.29 is 9.84 Å². The third-order valence-corrected chi connectivity index (χ3v) is 6.57. The van der Waals surface area contributed by atoms with Crippen molar-refractivity contribution in [1.29, 1.82) is 0 Å². The fourth-order valence-electron chi connectivity index (χ4n) is 3.84. The Morgan fingerprint density at radius 1 is 1.17 bits per heavy atom. The van der Waals surface area contributed by atoms with E-state index in [1.807, 2.05) is 36.4 Å². The molecule has 0 aliphatic heterocycles. The summed E-state index contributed by atoms with van der Waals surface area (Å²) in [5.74, 6) is 0.270. The van der Waals surface area contributed by atoms with E-state index < -0.39 is 0 Å². The standard InChI is InChI=1S/C27H27N3O2S.2CH3.Sb/c1-3-24(29-12-13-32-2)20-8-5-7-19(16-20)23(15-18-6-4-9-21(28)14-18)27-30-25-11-10-22(31)17-26(25)33-27;;;/h4-11,14,16-17,23,29,31H,1,12-13,15,28H2,2H3;2*1H3;. The van der Waals surface area contributed by atoms with E-state index in [4.69, 9.17) is 15.5 Å². The van der Waals surface area contributed by atoms with Crippen LogP contribution in [0.4, 0.5) is 5.69 Å². The van der Waals surface area contributed by atoms with Gasteiger partial charge in [-0.25, -0.2) is 4.98 Å². The van der Waals surface area contributed by atoms with Gasteiger partial charge in [-0.1, -0.05) is 36.9 Å². The van der Waals surface area contributed by atoms with Crippen molar-refractivity contribution in [2.24, 2.45) is 0 Å². The van der Waals surface area contributed by atoms with E-state index in [2.05, 4.69) is 45.6 Å². The molecule has 7 heteroatoms. The molecule has 5 nitrogen and oxygen atoms in total. The monoisotopic (exact) mass is 608 g/mol. The van der Waals surface area contributed by atoms with Crippen LogP contribution in [-0.2, 0) is 11.2 Å². The van der Waals surface area contributed by atoms with E-state index in [0.29, 0.717) is 34.8 Å². The van der Waals surface area contributed by atoms with Gasteiger partial charge in [-0.3, -0.25) is 0 Å². The number of ether oxygens (including phenoxy) is 1. The molecule has 0 aliphatic rings. The van der Waals surface area contributed by atoms with Gasteiger partial charge < -0.3 is 20.9 Å². The molecule has 1 atom stereocenters. The normalized spacial score (nSPS) is 11.3. The number of nitrogens with zero attached hydrogens (tertiary/aromatic N) is 1. The molecule has 4 rings (SSSR count). The molecule has 4 N–H and O–H groups in total. The Labute approximate surface area is 228 Å². The summed E-state index contributed by atoms with van der Waals surface area (Å²) in [5.41, 5.74) is 14.8. The van der Waals surface area contributed by atoms with Gasteiger partial charge >= 0.3 is 31.4 Å². The summed E-state index contributed by atoms with van der Waals surface area (Å²) in [7, 11) is 1.68. The van der Waals surface area contributed by atoms with Crippen molar-refractivity contribution in [3.05, 3.63) is 101 Å². The molecule has 1 aromatic heterocycles. The van der Waals surface area contributed by atoms with Gasteiger partial charge in [0.05, 0.1) is 22.5 Å². The van der Waals surface area contributed by atoms with Crippen molar-refractivity contribution in [2.45, 2.75) is 22.1 Å². The number of benzene rings is 3. The molecule has 0 saturated carbocycles. The average molecular weight is 609 g/mol. The number of nitrogens with one attached hydrogen (secondary N) is 1. The molecule has 187 valence electrons. The van der Waals surface area contributed by atoms with Crippen LogP contribution in [0.3, 0.4) is 0 Å². The second kappa shape index (κ2) is 14.1. The zero-order valence-corrected chi connectivity index (χ0v) is 24.4. The fourth-order valence-corrected chi connectivity index (χ4v) is 4.97. The van der Waals surface area contributed by atoms with Crippen LogP contribution in [-0.4, -0.2) is 52.0 Å². The molecule has 0 amide bonds. The number of nitrogen functional groups attached to an aromatic ring is 1. The molecule has 1 radical (unpaired) electrons. The Kier molecular flexibility index (Phi) is 10.9. The van der Waals surface area contributed by atoms with Crippen LogP contribution >= 0.6 is 11.3 Å². The summed E-state index contributed by atoms with van der Waals surface area (Å²) in [6.07, 6.45) is 0.755. The van der Waals surface area contributed by atoms with Gasteiger partial charge in [0.1, 0.15) is 10.8 Å². The Hall–Kier alpha value is -2.75. The second-order valence-electron chi connectivity index (χ2n) is 8.25. The van der Waals surface area contributed by atoms with Gasteiger partial charge in [-0.2, -0.15) is 0 Å². The summed E-state index contributed by atoms with van der Waals surface area (Å²) in [6.45, 7) is 5.12. The first-order valence-electron chi connectivity index (χ1n) is 11.6. The molecule has 0 fully saturated rings. The van der Waals surface area contributed by atoms with E-state index in [9.17, 15) is 5.11 Å². The summed E-state index contributed by atoms with van der Waals surface area (Å²) in [6, 6.07) is 21.7. The molecular formula is C29H33N3O2SSb. The van der Waals surface area contributed by atoms with E-state index in [0.717, 1.165) is 49.7 Å². The average Bonchev–Trinajstić information content (AvgIpc) is 3.29. The van der Waals surface area contributed by atoms with Crippen molar-refractivity contribution >= 4 is 54.6 Å². The molecule has 4 aromatic rings. The molecule has 1 heterocycles. The van der Waals surface area contributed by atoms with Crippen LogP contribution in [0.1, 0.15) is 27.6 Å². The van der Waals surface area contributed by atoms with Gasteiger partial charge in [-0.15, -0.1) is 17.1 Å². The van der Waals surface area contributed by atoms with Crippen LogP contribution < -0.4 is 11.1 Å². The van der Waals surface area contributed by atoms with Crippen LogP contribution in [0.25, 0.3) is 15.9 Å². The SMILES string of the molecule is C=C=C(NCCOC)c1cccc(C(Cc2cccc(N)c2)c2nc3ccc(O)cc3s2)c1.[CH3][Sb][CH3]. The van der Waals surface area contributed by atoms with Crippen molar-refractivity contribution in [1.82, 2.24) is 10.3 Å². The summed E-state index contributed by atoms with van der Waals surface area (Å²) < 4.78 is 6.11. The predicted molar refractivity (Wildman–Crippen MR) is 154 cm³/mol. The zero-order valence-electron chi connectivity index (χ0n) is 21.0. The predicted octanol–water partition coefficient (Wildman–Crippen LogP) is 6.11. The number of thiazole rings is 1. The van der Waals surface area contributed by atoms with Gasteiger partial charge in [0.25, 0.3) is 0 Å². The molecule has 0 spiro atoms. The molecule has 36 heavy (non-hydrogen) atoms. The first-order chi connectivity index (χ1) is 17.5. The Morgan fingerprint density at radius 3 is 2.67 bits per heavy atom. The number of aromatic nitrogens is 1. The molecule has 0 aliphatic carbocycles. The number of hydrogen-bond acceptors (Lipinski definition) is 6. The van der Waals surface area contributed by atoms with Crippen LogP contribution in [0.15, 0.2) is 79.0 Å². The topological polar surface area (TPSA) is 80.4 Å². The van der Waals surface area contributed by atoms with E-state index in [1.165, 1.54) is 0 Å². The Balaban J connectivity index is 0.00000115. The Bertz CT molecular complexity index is 1330. The molecule has 0 saturated heterocycles. The van der Waals surface area contributed by atoms with Crippen molar-refractivity contribution in [3.8, 4) is 5.75 Å². The second-order valence-corrected chi connectivity index (χ2v) is 11.9. The molecule has 3 aromatic carbocycles. The van der Waals surface area contributed by atoms with E-state index >= 15 is 0 Å². The maximum absolute atomic E-state index is 9.91. The summed E-state index contributed by atoms with van der Waals surface area (Å²) >= 11 is 1.96. The maximum atomic E-state index is 9.91. The van der Waals surface area contributed by atoms with Gasteiger partial charge in [-0.05, 0) is 53.9 Å². The van der Waals surface area contributed by atoms with Crippen LogP contribution in [0.5, 0.6) is 5.75 Å². The first kappa shape index (κ1) is 27.8. The minimum absolute atomic E-state index is 0.0244. The number of anilines is 1. The number of nitrogens with two attached hydrogens (primary N) is 1. The fraction of sp³-hybridized carbons (Fsp3) is 0.241. The minimum atomic E-state index is 0.0244. The third kappa shape index (κ3) is 7.62. The molecule has 0 bridgehead atoms. The number of rotatable bonds is 9. The van der Waals surface area contributed by atoms with Gasteiger partial charge in [0.15, 0.2) is 0 Å². The van der Waals surface area contributed by atoms with Gasteiger partial charge in [0.2, 0.25) is 0 Å². The van der Waals surface area contributed by atoms with E-state index in [1.54, 1.807) is 30.6 Å². The zero-order chi connectivity index (χ0) is 25.9. The molecular weight excluding hydrogens is 576 g/mol. The molecule has 1 unspecified atom stereocenters. The number of methoxy groups -OCH3 is 1. The van der Waals surface area contributed by atoms with Gasteiger partial charge in [0, 0.05) is 30.8 Å². The van der Waals surface area contributed by atoms with Crippen LogP contribution in [0, 0.1) is 0 Å². The Morgan fingerprint density at radius 2 is 1.94 bits per heavy atom. The quantitative estimate of drug-likeness (QED) is 0.0925. The number of phenols is 1.